The summed E-state index contributed by atoms with van der Waals surface area (Å²) >= 11 is 6.05. The Bertz CT molecular complexity index is 374. The average molecular weight is 239 g/mol. The van der Waals surface area contributed by atoms with E-state index in [4.69, 9.17) is 21.6 Å². The number of halogens is 1. The smallest absolute Gasteiger partial charge is 0.137 e. The third-order valence-corrected chi connectivity index (χ3v) is 2.39. The van der Waals surface area contributed by atoms with Gasteiger partial charge in [0.25, 0.3) is 0 Å². The van der Waals surface area contributed by atoms with Crippen LogP contribution in [0.3, 0.4) is 0 Å². The molecule has 0 saturated carbocycles. The maximum atomic E-state index is 8.35. The second-order valence-corrected chi connectivity index (χ2v) is 3.69. The summed E-state index contributed by atoms with van der Waals surface area (Å²) < 4.78 is 5.34. The first kappa shape index (κ1) is 12.8. The molecular weight excluding hydrogens is 224 g/mol. The van der Waals surface area contributed by atoms with Crippen LogP contribution in [0.4, 0.5) is 0 Å². The number of nitriles is 1. The first-order chi connectivity index (χ1) is 7.77. The molecule has 0 heterocycles. The molecule has 0 amide bonds. The molecule has 0 fully saturated rings. The van der Waals surface area contributed by atoms with Gasteiger partial charge in [-0.3, -0.25) is 0 Å². The molecule has 0 aliphatic rings. The van der Waals surface area contributed by atoms with Crippen LogP contribution in [0.25, 0.3) is 0 Å². The van der Waals surface area contributed by atoms with E-state index < -0.39 is 0 Å². The zero-order valence-corrected chi connectivity index (χ0v) is 10.0. The first-order valence-electron chi connectivity index (χ1n) is 5.26. The third-order valence-electron chi connectivity index (χ3n) is 2.09. The Morgan fingerprint density at radius 3 is 2.94 bits per heavy atom. The molecule has 0 atom stereocenters. The highest BCUT2D eigenvalue weighted by atomic mass is 35.5. The minimum Gasteiger partial charge on any atom is -0.492 e. The molecule has 0 unspecified atom stereocenters. The summed E-state index contributed by atoms with van der Waals surface area (Å²) in [5.41, 5.74) is 1.14. The third kappa shape index (κ3) is 4.09. The molecule has 0 saturated heterocycles. The minimum absolute atomic E-state index is 0.380. The molecule has 0 radical (unpaired) electrons. The van der Waals surface area contributed by atoms with Crippen molar-refractivity contribution in [2.75, 3.05) is 19.7 Å². The van der Waals surface area contributed by atoms with E-state index in [1.54, 1.807) is 0 Å². The first-order valence-corrected chi connectivity index (χ1v) is 5.64. The van der Waals surface area contributed by atoms with Crippen LogP contribution < -0.4 is 10.1 Å². The largest absolute Gasteiger partial charge is 0.492 e. The second kappa shape index (κ2) is 7.10. The molecule has 4 heteroatoms. The second-order valence-electron chi connectivity index (χ2n) is 3.28. The van der Waals surface area contributed by atoms with E-state index in [-0.39, 0.29) is 0 Å². The fraction of sp³-hybridized carbons (Fsp3) is 0.417. The van der Waals surface area contributed by atoms with Gasteiger partial charge in [-0.15, -0.1) is 0 Å². The molecule has 16 heavy (non-hydrogen) atoms. The van der Waals surface area contributed by atoms with Gasteiger partial charge in [0.05, 0.1) is 24.2 Å². The maximum absolute atomic E-state index is 8.35. The van der Waals surface area contributed by atoms with Crippen LogP contribution in [-0.4, -0.2) is 19.7 Å². The summed E-state index contributed by atoms with van der Waals surface area (Å²) in [5, 5.41) is 12.0. The predicted molar refractivity (Wildman–Crippen MR) is 64.8 cm³/mol. The molecule has 1 aromatic carbocycles. The number of hydrogen-bond acceptors (Lipinski definition) is 3. The Kier molecular flexibility index (Phi) is 5.69. The molecule has 0 spiro atoms. The lowest BCUT2D eigenvalue weighted by Gasteiger charge is -2.07. The van der Waals surface area contributed by atoms with Gasteiger partial charge in [0.2, 0.25) is 0 Å². The van der Waals surface area contributed by atoms with Crippen molar-refractivity contribution in [2.24, 2.45) is 0 Å². The van der Waals surface area contributed by atoms with Gasteiger partial charge < -0.3 is 10.1 Å². The van der Waals surface area contributed by atoms with E-state index in [0.717, 1.165) is 24.3 Å². The van der Waals surface area contributed by atoms with Gasteiger partial charge in [-0.1, -0.05) is 17.7 Å². The molecule has 3 nitrogen and oxygen atoms in total. The van der Waals surface area contributed by atoms with Crippen LogP contribution in [0.15, 0.2) is 18.2 Å². The van der Waals surface area contributed by atoms with Gasteiger partial charge >= 0.3 is 0 Å². The molecule has 0 aromatic heterocycles. The van der Waals surface area contributed by atoms with Crippen molar-refractivity contribution in [2.45, 2.75) is 13.3 Å². The van der Waals surface area contributed by atoms with E-state index in [1.165, 1.54) is 0 Å². The molecule has 0 aliphatic heterocycles. The van der Waals surface area contributed by atoms with Gasteiger partial charge in [-0.25, -0.2) is 0 Å². The van der Waals surface area contributed by atoms with Crippen LogP contribution in [0.1, 0.15) is 12.5 Å². The number of benzene rings is 1. The minimum atomic E-state index is 0.380. The predicted octanol–water partition coefficient (Wildman–Crippen LogP) is 2.39. The molecule has 0 aliphatic carbocycles. The number of nitrogens with one attached hydrogen (secondary N) is 1. The maximum Gasteiger partial charge on any atom is 0.137 e. The summed E-state index contributed by atoms with van der Waals surface area (Å²) in [6.45, 7) is 3.70. The quantitative estimate of drug-likeness (QED) is 0.612. The van der Waals surface area contributed by atoms with E-state index in [0.29, 0.717) is 18.2 Å². The van der Waals surface area contributed by atoms with E-state index in [1.807, 2.05) is 31.2 Å². The summed E-state index contributed by atoms with van der Waals surface area (Å²) in [5.74, 6) is 0.720. The summed E-state index contributed by atoms with van der Waals surface area (Å²) in [6.07, 6.45) is 0.855. The van der Waals surface area contributed by atoms with E-state index in [9.17, 15) is 0 Å². The SMILES string of the molecule is CCOc1ccc(CCNCC#N)cc1Cl. The highest BCUT2D eigenvalue weighted by Crippen LogP contribution is 2.25. The fourth-order valence-corrected chi connectivity index (χ4v) is 1.61. The standard InChI is InChI=1S/C12H15ClN2O/c1-2-16-12-4-3-10(9-11(12)13)5-7-15-8-6-14/h3-4,9,15H,2,5,7-8H2,1H3. The zero-order chi connectivity index (χ0) is 11.8. The molecular formula is C12H15ClN2O. The van der Waals surface area contributed by atoms with Crippen molar-refractivity contribution in [3.05, 3.63) is 28.8 Å². The van der Waals surface area contributed by atoms with Gasteiger partial charge in [0.15, 0.2) is 0 Å². The summed E-state index contributed by atoms with van der Waals surface area (Å²) in [6, 6.07) is 7.81. The lowest BCUT2D eigenvalue weighted by Crippen LogP contribution is -2.17. The Morgan fingerprint density at radius 2 is 2.31 bits per heavy atom. The lowest BCUT2D eigenvalue weighted by atomic mass is 10.1. The normalized spacial score (nSPS) is 9.81. The average Bonchev–Trinajstić information content (AvgIpc) is 2.28. The lowest BCUT2D eigenvalue weighted by molar-refractivity contribution is 0.340. The topological polar surface area (TPSA) is 45.0 Å². The van der Waals surface area contributed by atoms with Crippen molar-refractivity contribution in [3.63, 3.8) is 0 Å². The molecule has 1 rings (SSSR count). The van der Waals surface area contributed by atoms with Gasteiger partial charge in [-0.05, 0) is 31.0 Å². The Morgan fingerprint density at radius 1 is 1.50 bits per heavy atom. The number of rotatable bonds is 6. The van der Waals surface area contributed by atoms with Crippen LogP contribution in [0, 0.1) is 11.3 Å². The van der Waals surface area contributed by atoms with Crippen LogP contribution in [-0.2, 0) is 6.42 Å². The highest BCUT2D eigenvalue weighted by Gasteiger charge is 2.02. The zero-order valence-electron chi connectivity index (χ0n) is 9.29. The van der Waals surface area contributed by atoms with E-state index >= 15 is 0 Å². The van der Waals surface area contributed by atoms with Gasteiger partial charge in [0, 0.05) is 6.54 Å². The monoisotopic (exact) mass is 238 g/mol. The number of nitrogens with zero attached hydrogens (tertiary/aromatic N) is 1. The number of ether oxygens (including phenoxy) is 1. The Labute approximate surface area is 101 Å². The molecule has 1 N–H and O–H groups in total. The van der Waals surface area contributed by atoms with Crippen LogP contribution in [0.5, 0.6) is 5.75 Å². The summed E-state index contributed by atoms with van der Waals surface area (Å²) in [4.78, 5) is 0. The van der Waals surface area contributed by atoms with Crippen molar-refractivity contribution < 1.29 is 4.74 Å². The summed E-state index contributed by atoms with van der Waals surface area (Å²) in [7, 11) is 0. The molecule has 0 bridgehead atoms. The van der Waals surface area contributed by atoms with Crippen molar-refractivity contribution in [1.29, 1.82) is 5.26 Å². The highest BCUT2D eigenvalue weighted by molar-refractivity contribution is 6.32. The molecule has 86 valence electrons. The van der Waals surface area contributed by atoms with Gasteiger partial charge in [-0.2, -0.15) is 5.26 Å². The Hall–Kier alpha value is -1.24. The Balaban J connectivity index is 2.50. The molecule has 1 aromatic rings. The van der Waals surface area contributed by atoms with Gasteiger partial charge in [0.1, 0.15) is 5.75 Å². The van der Waals surface area contributed by atoms with Crippen LogP contribution in [0.2, 0.25) is 5.02 Å². The van der Waals surface area contributed by atoms with Crippen molar-refractivity contribution in [1.82, 2.24) is 5.32 Å². The van der Waals surface area contributed by atoms with Crippen LogP contribution >= 0.6 is 11.6 Å². The van der Waals surface area contributed by atoms with Crippen molar-refractivity contribution in [3.8, 4) is 11.8 Å². The van der Waals surface area contributed by atoms with E-state index in [2.05, 4.69) is 5.32 Å². The number of hydrogen-bond donors (Lipinski definition) is 1. The van der Waals surface area contributed by atoms with Crippen molar-refractivity contribution >= 4 is 11.6 Å². The fourth-order valence-electron chi connectivity index (χ4n) is 1.35.